The number of amides is 1. The van der Waals surface area contributed by atoms with Gasteiger partial charge in [-0.05, 0) is 42.2 Å². The summed E-state index contributed by atoms with van der Waals surface area (Å²) in [6.45, 7) is 2.87. The van der Waals surface area contributed by atoms with Crippen LogP contribution in [0.1, 0.15) is 44.2 Å². The van der Waals surface area contributed by atoms with Crippen molar-refractivity contribution in [1.82, 2.24) is 5.32 Å². The van der Waals surface area contributed by atoms with E-state index in [0.29, 0.717) is 0 Å². The summed E-state index contributed by atoms with van der Waals surface area (Å²) in [5.41, 5.74) is 9.24. The Hall–Kier alpha value is -1.65. The third-order valence-corrected chi connectivity index (χ3v) is 5.07. The van der Waals surface area contributed by atoms with E-state index < -0.39 is 0 Å². The van der Waals surface area contributed by atoms with E-state index in [9.17, 15) is 4.79 Å². The van der Waals surface area contributed by atoms with Crippen LogP contribution in [0.5, 0.6) is 0 Å². The monoisotopic (exact) mass is 286 g/mol. The zero-order valence-electron chi connectivity index (χ0n) is 11.5. The highest BCUT2D eigenvalue weighted by molar-refractivity contribution is 7.12. The minimum absolute atomic E-state index is 0.0146. The topological polar surface area (TPSA) is 55.1 Å². The van der Waals surface area contributed by atoms with Crippen molar-refractivity contribution in [2.75, 3.05) is 6.54 Å². The average Bonchev–Trinajstić information content (AvgIpc) is 2.95. The fourth-order valence-corrected chi connectivity index (χ4v) is 3.52. The van der Waals surface area contributed by atoms with Gasteiger partial charge in [0.25, 0.3) is 5.91 Å². The largest absolute Gasteiger partial charge is 0.352 e. The van der Waals surface area contributed by atoms with Gasteiger partial charge in [0.1, 0.15) is 0 Å². The first kappa shape index (κ1) is 13.3. The smallest absolute Gasteiger partial charge is 0.251 e. The average molecular weight is 286 g/mol. The predicted molar refractivity (Wildman–Crippen MR) is 82.2 cm³/mol. The Bertz CT molecular complexity index is 648. The summed E-state index contributed by atoms with van der Waals surface area (Å²) < 4.78 is 0. The fraction of sp³-hybridized carbons (Fsp3) is 0.312. The third-order valence-electron chi connectivity index (χ3n) is 3.75. The second kappa shape index (κ2) is 5.38. The normalized spacial score (nSPS) is 15.6. The molecule has 3 rings (SSSR count). The predicted octanol–water partition coefficient (Wildman–Crippen LogP) is 2.64. The van der Waals surface area contributed by atoms with Crippen LogP contribution >= 0.6 is 11.3 Å². The second-order valence-electron chi connectivity index (χ2n) is 5.06. The van der Waals surface area contributed by atoms with Gasteiger partial charge >= 0.3 is 0 Å². The van der Waals surface area contributed by atoms with E-state index in [4.69, 9.17) is 5.73 Å². The lowest BCUT2D eigenvalue weighted by molar-refractivity contribution is 0.0946. The molecule has 20 heavy (non-hydrogen) atoms. The van der Waals surface area contributed by atoms with Crippen molar-refractivity contribution in [1.29, 1.82) is 0 Å². The molecule has 3 nitrogen and oxygen atoms in total. The number of nitrogens with two attached hydrogens (primary N) is 1. The summed E-state index contributed by atoms with van der Waals surface area (Å²) in [5, 5.41) is 2.88. The minimum Gasteiger partial charge on any atom is -0.352 e. The number of thiophene rings is 1. The molecule has 0 saturated carbocycles. The highest BCUT2D eigenvalue weighted by Gasteiger charge is 2.19. The van der Waals surface area contributed by atoms with E-state index in [1.807, 2.05) is 18.2 Å². The van der Waals surface area contributed by atoms with Crippen LogP contribution in [0, 0.1) is 0 Å². The number of hydrogen-bond donors (Lipinski definition) is 2. The number of aryl methyl sites for hydroxylation is 1. The first-order valence-electron chi connectivity index (χ1n) is 6.94. The van der Waals surface area contributed by atoms with E-state index in [1.165, 1.54) is 4.88 Å². The van der Waals surface area contributed by atoms with Gasteiger partial charge in [0, 0.05) is 21.9 Å². The number of carbonyl (C=O) groups is 1. The number of benzene rings is 1. The Morgan fingerprint density at radius 1 is 1.35 bits per heavy atom. The molecule has 0 fully saturated rings. The van der Waals surface area contributed by atoms with Crippen LogP contribution in [0.4, 0.5) is 0 Å². The molecule has 0 saturated heterocycles. The van der Waals surface area contributed by atoms with Gasteiger partial charge in [0.2, 0.25) is 0 Å². The molecule has 1 atom stereocenters. The molecular formula is C16H18N2OS. The van der Waals surface area contributed by atoms with Crippen LogP contribution in [-0.2, 0) is 12.8 Å². The SMILES string of the molecule is CCc1ccc(C(N)c2ccc3c(c2)C(=O)NCC3)s1. The molecule has 2 heterocycles. The number of nitrogens with one attached hydrogen (secondary N) is 1. The lowest BCUT2D eigenvalue weighted by atomic mass is 9.95. The van der Waals surface area contributed by atoms with Crippen LogP contribution in [0.2, 0.25) is 0 Å². The molecular weight excluding hydrogens is 268 g/mol. The number of hydrogen-bond acceptors (Lipinski definition) is 3. The highest BCUT2D eigenvalue weighted by atomic mass is 32.1. The van der Waals surface area contributed by atoms with Crippen LogP contribution in [0.25, 0.3) is 0 Å². The second-order valence-corrected chi connectivity index (χ2v) is 6.26. The minimum atomic E-state index is -0.152. The summed E-state index contributed by atoms with van der Waals surface area (Å²) in [6.07, 6.45) is 1.93. The molecule has 1 aliphatic rings. The third kappa shape index (κ3) is 2.37. The van der Waals surface area contributed by atoms with Gasteiger partial charge in [0.15, 0.2) is 0 Å². The number of fused-ring (bicyclic) bond motifs is 1. The van der Waals surface area contributed by atoms with Gasteiger partial charge in [-0.1, -0.05) is 19.1 Å². The summed E-state index contributed by atoms with van der Waals surface area (Å²) >= 11 is 1.75. The number of rotatable bonds is 3. The molecule has 1 amide bonds. The summed E-state index contributed by atoms with van der Waals surface area (Å²) in [6, 6.07) is 10.1. The Morgan fingerprint density at radius 3 is 2.95 bits per heavy atom. The van der Waals surface area contributed by atoms with Crippen LogP contribution in [0.15, 0.2) is 30.3 Å². The molecule has 4 heteroatoms. The molecule has 3 N–H and O–H groups in total. The first-order chi connectivity index (χ1) is 9.69. The molecule has 104 valence electrons. The van der Waals surface area contributed by atoms with Gasteiger partial charge in [-0.15, -0.1) is 11.3 Å². The van der Waals surface area contributed by atoms with E-state index in [0.717, 1.165) is 41.0 Å². The van der Waals surface area contributed by atoms with Crippen molar-refractivity contribution in [2.45, 2.75) is 25.8 Å². The van der Waals surface area contributed by atoms with E-state index in [-0.39, 0.29) is 11.9 Å². The molecule has 0 spiro atoms. The Balaban J connectivity index is 1.93. The van der Waals surface area contributed by atoms with Crippen LogP contribution in [0.3, 0.4) is 0 Å². The van der Waals surface area contributed by atoms with Crippen LogP contribution in [-0.4, -0.2) is 12.5 Å². The van der Waals surface area contributed by atoms with Crippen LogP contribution < -0.4 is 11.1 Å². The molecule has 1 unspecified atom stereocenters. The molecule has 0 aliphatic carbocycles. The Morgan fingerprint density at radius 2 is 2.20 bits per heavy atom. The van der Waals surface area contributed by atoms with Crippen molar-refractivity contribution in [3.05, 3.63) is 56.8 Å². The molecule has 0 bridgehead atoms. The van der Waals surface area contributed by atoms with Gasteiger partial charge in [-0.3, -0.25) is 4.79 Å². The quantitative estimate of drug-likeness (QED) is 0.911. The molecule has 0 radical (unpaired) electrons. The van der Waals surface area contributed by atoms with E-state index in [2.05, 4.69) is 24.4 Å². The van der Waals surface area contributed by atoms with Crippen molar-refractivity contribution in [3.8, 4) is 0 Å². The summed E-state index contributed by atoms with van der Waals surface area (Å²) in [4.78, 5) is 14.4. The first-order valence-corrected chi connectivity index (χ1v) is 7.76. The maximum absolute atomic E-state index is 11.9. The Labute approximate surface area is 122 Å². The lowest BCUT2D eigenvalue weighted by Crippen LogP contribution is -2.32. The number of carbonyl (C=O) groups excluding carboxylic acids is 1. The highest BCUT2D eigenvalue weighted by Crippen LogP contribution is 2.28. The lowest BCUT2D eigenvalue weighted by Gasteiger charge is -2.19. The maximum Gasteiger partial charge on any atom is 0.251 e. The van der Waals surface area contributed by atoms with Gasteiger partial charge in [-0.25, -0.2) is 0 Å². The molecule has 2 aromatic rings. The van der Waals surface area contributed by atoms with Gasteiger partial charge < -0.3 is 11.1 Å². The summed E-state index contributed by atoms with van der Waals surface area (Å²) in [5.74, 6) is 0.0146. The van der Waals surface area contributed by atoms with E-state index >= 15 is 0 Å². The maximum atomic E-state index is 11.9. The van der Waals surface area contributed by atoms with Crippen molar-refractivity contribution in [2.24, 2.45) is 5.73 Å². The van der Waals surface area contributed by atoms with Gasteiger partial charge in [0.05, 0.1) is 6.04 Å². The summed E-state index contributed by atoms with van der Waals surface area (Å²) in [7, 11) is 0. The molecule has 1 aliphatic heterocycles. The zero-order chi connectivity index (χ0) is 14.1. The standard InChI is InChI=1S/C16H18N2OS/c1-2-12-5-6-14(20-12)15(17)11-4-3-10-7-8-18-16(19)13(10)9-11/h3-6,9,15H,2,7-8,17H2,1H3,(H,18,19). The van der Waals surface area contributed by atoms with Crippen molar-refractivity contribution >= 4 is 17.2 Å². The Kier molecular flexibility index (Phi) is 3.59. The zero-order valence-corrected chi connectivity index (χ0v) is 12.3. The van der Waals surface area contributed by atoms with Crippen molar-refractivity contribution < 1.29 is 4.79 Å². The van der Waals surface area contributed by atoms with E-state index in [1.54, 1.807) is 11.3 Å². The molecule has 1 aromatic heterocycles. The van der Waals surface area contributed by atoms with Gasteiger partial charge in [-0.2, -0.15) is 0 Å². The fourth-order valence-electron chi connectivity index (χ4n) is 2.54. The molecule has 1 aromatic carbocycles. The van der Waals surface area contributed by atoms with Crippen molar-refractivity contribution in [3.63, 3.8) is 0 Å².